The second kappa shape index (κ2) is 16.3. The quantitative estimate of drug-likeness (QED) is 0.163. The van der Waals surface area contributed by atoms with Gasteiger partial charge in [0, 0.05) is 109 Å². The zero-order chi connectivity index (χ0) is 51.9. The minimum absolute atomic E-state index is 0.920. The first kappa shape index (κ1) is 43.3. The van der Waals surface area contributed by atoms with E-state index >= 15 is 0 Å². The predicted molar refractivity (Wildman–Crippen MR) is 315 cm³/mol. The van der Waals surface area contributed by atoms with Crippen LogP contribution in [0.15, 0.2) is 238 Å². The van der Waals surface area contributed by atoms with Crippen LogP contribution in [0.1, 0.15) is 33.5 Å². The summed E-state index contributed by atoms with van der Waals surface area (Å²) in [6.07, 6.45) is 35.4. The standard InChI is InChI=1S/C68H41N11/c1-41-10-12-50-51-14-21-69-34-61(51)76(60(50)13-11-41)44-28-42(29-45(32-44)77-62-35-70-22-15-52(62)53-16-23-71-36-63(53)77)68(58-8-4-2-6-48(58)49-7-3-5-9-59(49)68)43-30-46(78-64-37-72-24-17-54(64)55-18-25-73-38-65(55)78)33-47(31-43)79-66-39-74-26-19-56(66)57-20-27-75-40-67(57)79/h2-40H,1H2. The molecular weight excluding hydrogens is 971 g/mol. The minimum atomic E-state index is -0.968. The summed E-state index contributed by atoms with van der Waals surface area (Å²) in [4.78, 5) is 33.3. The summed E-state index contributed by atoms with van der Waals surface area (Å²) >= 11 is 0. The van der Waals surface area contributed by atoms with Gasteiger partial charge in [-0.2, -0.15) is 0 Å². The Labute approximate surface area is 450 Å². The molecule has 0 N–H and O–H groups in total. The molecule has 0 saturated carbocycles. The molecule has 0 radical (unpaired) electrons. The molecule has 2 aliphatic rings. The van der Waals surface area contributed by atoms with Gasteiger partial charge in [-0.3, -0.25) is 34.9 Å². The Hall–Kier alpha value is -10.9. The number of rotatable bonds is 6. The smallest absolute Gasteiger partial charge is 0.0725 e. The number of fused-ring (bicyclic) bond motifs is 15. The molecule has 0 spiro atoms. The van der Waals surface area contributed by atoms with Gasteiger partial charge in [-0.1, -0.05) is 73.3 Å². The Balaban J connectivity index is 1.07. The van der Waals surface area contributed by atoms with Crippen molar-refractivity contribution in [3.63, 3.8) is 0 Å². The third-order valence-corrected chi connectivity index (χ3v) is 16.5. The fourth-order valence-electron chi connectivity index (χ4n) is 13.4. The van der Waals surface area contributed by atoms with Crippen LogP contribution in [-0.4, -0.2) is 53.2 Å². The van der Waals surface area contributed by atoms with Crippen molar-refractivity contribution in [2.75, 3.05) is 0 Å². The van der Waals surface area contributed by atoms with Gasteiger partial charge in [-0.25, -0.2) is 0 Å². The number of nitrogens with zero attached hydrogens (tertiary/aromatic N) is 11. The number of hydrogen-bond donors (Lipinski definition) is 0. The Kier molecular flexibility index (Phi) is 8.94. The summed E-state index contributed by atoms with van der Waals surface area (Å²) in [5.41, 5.74) is 19.4. The molecule has 4 aromatic carbocycles. The molecular formula is C68H41N11. The summed E-state index contributed by atoms with van der Waals surface area (Å²) in [5.74, 6) is 0. The highest BCUT2D eigenvalue weighted by Crippen LogP contribution is 2.58. The maximum Gasteiger partial charge on any atom is 0.0725 e. The van der Waals surface area contributed by atoms with E-state index in [1.165, 1.54) is 0 Å². The lowest BCUT2D eigenvalue weighted by molar-refractivity contribution is 0.763. The first-order valence-electron chi connectivity index (χ1n) is 26.2. The molecule has 368 valence electrons. The van der Waals surface area contributed by atoms with Gasteiger partial charge in [0.05, 0.1) is 93.1 Å². The minimum Gasteiger partial charge on any atom is -0.308 e. The van der Waals surface area contributed by atoms with Crippen LogP contribution in [0.5, 0.6) is 0 Å². The summed E-state index contributed by atoms with van der Waals surface area (Å²) in [7, 11) is 0. The molecule has 2 aliphatic carbocycles. The van der Waals surface area contributed by atoms with E-state index in [2.05, 4.69) is 177 Å². The van der Waals surface area contributed by atoms with Crippen molar-refractivity contribution < 1.29 is 0 Å². The first-order chi connectivity index (χ1) is 39.1. The third-order valence-electron chi connectivity index (χ3n) is 16.5. The van der Waals surface area contributed by atoms with Crippen molar-refractivity contribution in [1.29, 1.82) is 0 Å². The Morgan fingerprint density at radius 2 is 0.633 bits per heavy atom. The van der Waals surface area contributed by atoms with Gasteiger partial charge in [-0.05, 0) is 124 Å². The van der Waals surface area contributed by atoms with Crippen LogP contribution in [0.4, 0.5) is 0 Å². The Morgan fingerprint density at radius 1 is 0.316 bits per heavy atom. The van der Waals surface area contributed by atoms with Gasteiger partial charge in [-0.15, -0.1) is 0 Å². The van der Waals surface area contributed by atoms with Crippen molar-refractivity contribution >= 4 is 88.5 Å². The molecule has 0 aliphatic heterocycles. The molecule has 11 heteroatoms. The highest BCUT2D eigenvalue weighted by molar-refractivity contribution is 6.11. The van der Waals surface area contributed by atoms with Crippen molar-refractivity contribution in [3.05, 3.63) is 272 Å². The molecule has 11 heterocycles. The molecule has 0 atom stereocenters. The first-order valence-corrected chi connectivity index (χ1v) is 26.2. The third kappa shape index (κ3) is 5.98. The molecule has 11 aromatic heterocycles. The second-order valence-electron chi connectivity index (χ2n) is 20.4. The van der Waals surface area contributed by atoms with Crippen LogP contribution in [0.25, 0.3) is 122 Å². The van der Waals surface area contributed by atoms with E-state index in [1.54, 1.807) is 0 Å². The summed E-state index contributed by atoms with van der Waals surface area (Å²) in [5, 5.41) is 7.61. The maximum absolute atomic E-state index is 4.78. The zero-order valence-electron chi connectivity index (χ0n) is 42.1. The Morgan fingerprint density at radius 3 is 1.01 bits per heavy atom. The summed E-state index contributed by atoms with van der Waals surface area (Å²) in [6, 6.07) is 46.8. The summed E-state index contributed by atoms with van der Waals surface area (Å²) < 4.78 is 9.35. The van der Waals surface area contributed by atoms with E-state index in [0.29, 0.717) is 0 Å². The number of allylic oxidation sites excluding steroid dienone is 3. The topological polar surface area (TPSA) is 110 Å². The van der Waals surface area contributed by atoms with Crippen LogP contribution >= 0.6 is 0 Å². The van der Waals surface area contributed by atoms with Gasteiger partial charge in [0.15, 0.2) is 0 Å². The fraction of sp³-hybridized carbons (Fsp3) is 0.0147. The highest BCUT2D eigenvalue weighted by Gasteiger charge is 2.47. The molecule has 0 fully saturated rings. The van der Waals surface area contributed by atoms with E-state index in [9.17, 15) is 0 Å². The molecule has 0 bridgehead atoms. The highest BCUT2D eigenvalue weighted by atomic mass is 15.0. The van der Waals surface area contributed by atoms with Crippen molar-refractivity contribution in [2.24, 2.45) is 0 Å². The van der Waals surface area contributed by atoms with Crippen LogP contribution in [0, 0.1) is 0 Å². The monoisotopic (exact) mass is 1010 g/mol. The normalized spacial score (nSPS) is 13.6. The van der Waals surface area contributed by atoms with Gasteiger partial charge >= 0.3 is 0 Å². The lowest BCUT2D eigenvalue weighted by Crippen LogP contribution is -2.29. The molecule has 0 saturated heterocycles. The van der Waals surface area contributed by atoms with Gasteiger partial charge in [0.25, 0.3) is 0 Å². The number of pyridine rings is 7. The number of hydrogen-bond acceptors (Lipinski definition) is 7. The largest absolute Gasteiger partial charge is 0.308 e. The van der Waals surface area contributed by atoms with Gasteiger partial charge in [0.1, 0.15) is 0 Å². The van der Waals surface area contributed by atoms with Crippen molar-refractivity contribution in [2.45, 2.75) is 5.41 Å². The molecule has 0 amide bonds. The average Bonchev–Trinajstić information content (AvgIpc) is 4.43. The Bertz CT molecular complexity index is 4860. The number of benzene rings is 4. The van der Waals surface area contributed by atoms with E-state index in [4.69, 9.17) is 34.9 Å². The average molecular weight is 1010 g/mol. The van der Waals surface area contributed by atoms with Gasteiger partial charge < -0.3 is 18.3 Å². The van der Waals surface area contributed by atoms with E-state index in [0.717, 1.165) is 149 Å². The predicted octanol–water partition coefficient (Wildman–Crippen LogP) is 14.6. The molecule has 17 rings (SSSR count). The number of aromatic nitrogens is 11. The lowest BCUT2D eigenvalue weighted by Gasteiger charge is -2.35. The summed E-state index contributed by atoms with van der Waals surface area (Å²) in [6.45, 7) is 4.37. The van der Waals surface area contributed by atoms with Crippen LogP contribution in [0.3, 0.4) is 0 Å². The van der Waals surface area contributed by atoms with E-state index < -0.39 is 5.41 Å². The van der Waals surface area contributed by atoms with Crippen molar-refractivity contribution in [1.82, 2.24) is 53.2 Å². The SMILES string of the molecule is C=C1C=Cc2c(n(-c3cc(-n4c5cnccc5c5ccncc54)cc(C4(c5cc(-n6c7cnccc7c7ccncc76)cc(-n6c7cnccc7c7ccncc76)c5)c5ccccc5-c5ccccc54)c3)c3cnccc23)C=C1. The van der Waals surface area contributed by atoms with Crippen molar-refractivity contribution in [3.8, 4) is 33.9 Å². The molecule has 11 nitrogen and oxygen atoms in total. The van der Waals surface area contributed by atoms with Crippen LogP contribution in [0.2, 0.25) is 0 Å². The van der Waals surface area contributed by atoms with E-state index in [-0.39, 0.29) is 0 Å². The lowest BCUT2D eigenvalue weighted by atomic mass is 9.67. The van der Waals surface area contributed by atoms with E-state index in [1.807, 2.05) is 86.8 Å². The fourth-order valence-corrected chi connectivity index (χ4v) is 13.4. The molecule has 15 aromatic rings. The molecule has 0 unspecified atom stereocenters. The maximum atomic E-state index is 4.78. The van der Waals surface area contributed by atoms with Crippen LogP contribution in [-0.2, 0) is 5.41 Å². The second-order valence-corrected chi connectivity index (χ2v) is 20.4. The van der Waals surface area contributed by atoms with Gasteiger partial charge in [0.2, 0.25) is 0 Å². The van der Waals surface area contributed by atoms with Crippen LogP contribution < -0.4 is 0 Å². The zero-order valence-corrected chi connectivity index (χ0v) is 42.1. The molecule has 79 heavy (non-hydrogen) atoms.